The maximum atomic E-state index is 13.3. The van der Waals surface area contributed by atoms with Crippen LogP contribution in [0.1, 0.15) is 18.9 Å². The molecule has 2 N–H and O–H groups in total. The number of carbonyl (C=O) groups excluding carboxylic acids is 1. The molecule has 0 aliphatic carbocycles. The Bertz CT molecular complexity index is 1100. The highest BCUT2D eigenvalue weighted by atomic mass is 32.2. The molecule has 2 atom stereocenters. The number of aliphatic hydroxyl groups is 1. The Labute approximate surface area is 200 Å². The number of benzene rings is 2. The van der Waals surface area contributed by atoms with Crippen LogP contribution in [0.15, 0.2) is 71.8 Å². The van der Waals surface area contributed by atoms with Gasteiger partial charge < -0.3 is 19.9 Å². The van der Waals surface area contributed by atoms with Crippen LogP contribution in [-0.2, 0) is 21.2 Å². The number of rotatable bonds is 12. The number of alkyl carbamates (subject to hydrolysis) is 1. The van der Waals surface area contributed by atoms with Gasteiger partial charge in [-0.05, 0) is 43.2 Å². The number of nitrogens with one attached hydrogen (secondary N) is 1. The number of ether oxygens (including phenoxy) is 2. The van der Waals surface area contributed by atoms with Crippen LogP contribution in [-0.4, -0.2) is 56.3 Å². The molecule has 0 saturated carbocycles. The Balaban J connectivity index is 2.29. The zero-order valence-electron chi connectivity index (χ0n) is 19.2. The van der Waals surface area contributed by atoms with E-state index in [0.717, 1.165) is 9.87 Å². The molecule has 2 rings (SSSR count). The topological polar surface area (TPSA) is 129 Å². The molecule has 2 aromatic carbocycles. The minimum absolute atomic E-state index is 0.00676. The number of sulfonamides is 1. The van der Waals surface area contributed by atoms with Crippen molar-refractivity contribution in [1.82, 2.24) is 9.62 Å². The average molecular weight is 488 g/mol. The number of carbonyl (C=O) groups is 1. The molecular formula is C24H29N3O6S. The van der Waals surface area contributed by atoms with Gasteiger partial charge in [0, 0.05) is 19.5 Å². The lowest BCUT2D eigenvalue weighted by Gasteiger charge is -2.29. The summed E-state index contributed by atoms with van der Waals surface area (Å²) in [6.45, 7) is 4.55. The van der Waals surface area contributed by atoms with Crippen molar-refractivity contribution < 1.29 is 27.8 Å². The Morgan fingerprint density at radius 2 is 1.85 bits per heavy atom. The summed E-state index contributed by atoms with van der Waals surface area (Å²) in [5, 5.41) is 22.6. The van der Waals surface area contributed by atoms with Gasteiger partial charge in [-0.2, -0.15) is 9.57 Å². The van der Waals surface area contributed by atoms with Crippen molar-refractivity contribution in [2.24, 2.45) is 0 Å². The fourth-order valence-electron chi connectivity index (χ4n) is 3.21. The minimum Gasteiger partial charge on any atom is -0.497 e. The van der Waals surface area contributed by atoms with Gasteiger partial charge >= 0.3 is 6.09 Å². The molecule has 1 amide bonds. The van der Waals surface area contributed by atoms with E-state index >= 15 is 0 Å². The largest absolute Gasteiger partial charge is 0.497 e. The molecule has 0 fully saturated rings. The lowest BCUT2D eigenvalue weighted by atomic mass is 10.0. The van der Waals surface area contributed by atoms with E-state index in [2.05, 4.69) is 11.9 Å². The van der Waals surface area contributed by atoms with Crippen LogP contribution in [0.2, 0.25) is 0 Å². The van der Waals surface area contributed by atoms with Gasteiger partial charge in [0.2, 0.25) is 10.0 Å². The number of amides is 1. The normalized spacial score (nSPS) is 12.9. The third-order valence-electron chi connectivity index (χ3n) is 4.89. The highest BCUT2D eigenvalue weighted by molar-refractivity contribution is 7.89. The molecule has 0 aliphatic rings. The number of nitrogens with zero attached hydrogens (tertiary/aromatic N) is 2. The summed E-state index contributed by atoms with van der Waals surface area (Å²) in [7, 11) is -2.57. The summed E-state index contributed by atoms with van der Waals surface area (Å²) >= 11 is 0. The van der Waals surface area contributed by atoms with Crippen molar-refractivity contribution >= 4 is 16.1 Å². The molecule has 0 aliphatic heterocycles. The standard InChI is InChI=1S/C24H29N3O6S/c1-18(2)33-24(29)26-22(16-19-8-5-4-6-9-19)23(28)17-27(15-7-14-25)34(30,31)21-12-10-20(32-3)11-13-21/h4-6,8-13,22-23,28H,1,7,15-17H2,2-3H3,(H,26,29)/t22-,23+/m0/s1. The number of methoxy groups -OCH3 is 1. The van der Waals surface area contributed by atoms with Crippen molar-refractivity contribution in [1.29, 1.82) is 5.26 Å². The highest BCUT2D eigenvalue weighted by Gasteiger charge is 2.31. The first kappa shape index (κ1) is 26.9. The van der Waals surface area contributed by atoms with Crippen LogP contribution in [0.25, 0.3) is 0 Å². The Kier molecular flexibility index (Phi) is 10.1. The van der Waals surface area contributed by atoms with Gasteiger partial charge in [-0.1, -0.05) is 36.9 Å². The summed E-state index contributed by atoms with van der Waals surface area (Å²) in [4.78, 5) is 12.2. The van der Waals surface area contributed by atoms with Gasteiger partial charge in [-0.3, -0.25) is 0 Å². The Hall–Kier alpha value is -3.39. The van der Waals surface area contributed by atoms with Crippen molar-refractivity contribution in [3.63, 3.8) is 0 Å². The molecule has 10 heteroatoms. The number of hydrogen-bond donors (Lipinski definition) is 2. The maximum absolute atomic E-state index is 13.3. The molecule has 34 heavy (non-hydrogen) atoms. The zero-order valence-corrected chi connectivity index (χ0v) is 20.0. The highest BCUT2D eigenvalue weighted by Crippen LogP contribution is 2.21. The van der Waals surface area contributed by atoms with Gasteiger partial charge in [0.25, 0.3) is 0 Å². The van der Waals surface area contributed by atoms with Crippen molar-refractivity contribution in [2.45, 2.75) is 36.8 Å². The van der Waals surface area contributed by atoms with Crippen LogP contribution in [0.5, 0.6) is 5.75 Å². The van der Waals surface area contributed by atoms with Gasteiger partial charge in [-0.15, -0.1) is 0 Å². The van der Waals surface area contributed by atoms with Crippen molar-refractivity contribution in [3.05, 3.63) is 72.5 Å². The van der Waals surface area contributed by atoms with Gasteiger partial charge in [0.05, 0.1) is 36.0 Å². The minimum atomic E-state index is -4.04. The molecule has 182 valence electrons. The fraction of sp³-hybridized carbons (Fsp3) is 0.333. The van der Waals surface area contributed by atoms with Crippen LogP contribution in [0.4, 0.5) is 4.79 Å². The molecule has 0 spiro atoms. The summed E-state index contributed by atoms with van der Waals surface area (Å²) < 4.78 is 37.6. The third kappa shape index (κ3) is 7.88. The maximum Gasteiger partial charge on any atom is 0.412 e. The monoisotopic (exact) mass is 487 g/mol. The summed E-state index contributed by atoms with van der Waals surface area (Å²) in [5.74, 6) is 0.661. The molecular weight excluding hydrogens is 458 g/mol. The van der Waals surface area contributed by atoms with Crippen LogP contribution >= 0.6 is 0 Å². The number of hydrogen-bond acceptors (Lipinski definition) is 7. The van der Waals surface area contributed by atoms with Gasteiger partial charge in [0.15, 0.2) is 0 Å². The lowest BCUT2D eigenvalue weighted by molar-refractivity contribution is 0.0980. The second-order valence-corrected chi connectivity index (χ2v) is 9.48. The summed E-state index contributed by atoms with van der Waals surface area (Å²) in [6, 6.07) is 16.0. The third-order valence-corrected chi connectivity index (χ3v) is 6.77. The van der Waals surface area contributed by atoms with E-state index in [9.17, 15) is 18.3 Å². The Morgan fingerprint density at radius 3 is 2.41 bits per heavy atom. The van der Waals surface area contributed by atoms with Gasteiger partial charge in [-0.25, -0.2) is 13.2 Å². The lowest BCUT2D eigenvalue weighted by Crippen LogP contribution is -2.50. The molecule has 9 nitrogen and oxygen atoms in total. The first-order valence-electron chi connectivity index (χ1n) is 10.5. The predicted octanol–water partition coefficient (Wildman–Crippen LogP) is 2.83. The molecule has 2 aromatic rings. The van der Waals surface area contributed by atoms with Crippen LogP contribution < -0.4 is 10.1 Å². The quantitative estimate of drug-likeness (QED) is 0.441. The molecule has 0 radical (unpaired) electrons. The second-order valence-electron chi connectivity index (χ2n) is 7.55. The van der Waals surface area contributed by atoms with Crippen LogP contribution in [0.3, 0.4) is 0 Å². The molecule has 0 saturated heterocycles. The zero-order chi connectivity index (χ0) is 25.1. The smallest absolute Gasteiger partial charge is 0.412 e. The van der Waals surface area contributed by atoms with E-state index in [0.29, 0.717) is 5.75 Å². The predicted molar refractivity (Wildman–Crippen MR) is 126 cm³/mol. The first-order valence-corrected chi connectivity index (χ1v) is 12.0. The molecule has 0 heterocycles. The molecule has 0 bridgehead atoms. The number of allylic oxidation sites excluding steroid dienone is 1. The Morgan fingerprint density at radius 1 is 1.21 bits per heavy atom. The van der Waals surface area contributed by atoms with E-state index in [4.69, 9.17) is 14.7 Å². The van der Waals surface area contributed by atoms with E-state index in [1.54, 1.807) is 0 Å². The van der Waals surface area contributed by atoms with Gasteiger partial charge in [0.1, 0.15) is 5.75 Å². The van der Waals surface area contributed by atoms with Crippen molar-refractivity contribution in [2.75, 3.05) is 20.2 Å². The van der Waals surface area contributed by atoms with Crippen molar-refractivity contribution in [3.8, 4) is 11.8 Å². The number of aliphatic hydroxyl groups excluding tert-OH is 1. The first-order chi connectivity index (χ1) is 16.2. The molecule has 0 unspecified atom stereocenters. The van der Waals surface area contributed by atoms with E-state index in [1.807, 2.05) is 36.4 Å². The number of nitriles is 1. The average Bonchev–Trinajstić information content (AvgIpc) is 2.81. The fourth-order valence-corrected chi connectivity index (χ4v) is 4.67. The molecule has 0 aromatic heterocycles. The van der Waals surface area contributed by atoms with E-state index < -0.39 is 28.3 Å². The SMILES string of the molecule is C=C(C)OC(=O)N[C@@H](Cc1ccccc1)[C@H](O)CN(CCC#N)S(=O)(=O)c1ccc(OC)cc1. The summed E-state index contributed by atoms with van der Waals surface area (Å²) in [5.41, 5.74) is 0.823. The van der Waals surface area contributed by atoms with Crippen LogP contribution in [0, 0.1) is 11.3 Å². The summed E-state index contributed by atoms with van der Waals surface area (Å²) in [6.07, 6.45) is -1.96. The second kappa shape index (κ2) is 12.7. The van der Waals surface area contributed by atoms with E-state index in [1.165, 1.54) is 38.3 Å². The van der Waals surface area contributed by atoms with E-state index in [-0.39, 0.29) is 36.6 Å².